The third kappa shape index (κ3) is 4.81. The molecule has 1 unspecified atom stereocenters. The van der Waals surface area contributed by atoms with Crippen LogP contribution in [0.1, 0.15) is 18.1 Å². The zero-order chi connectivity index (χ0) is 22.3. The van der Waals surface area contributed by atoms with E-state index in [1.807, 2.05) is 0 Å². The summed E-state index contributed by atoms with van der Waals surface area (Å²) in [7, 11) is 0. The number of benzene rings is 1. The second-order valence-corrected chi connectivity index (χ2v) is 7.79. The zero-order valence-corrected chi connectivity index (χ0v) is 16.4. The van der Waals surface area contributed by atoms with Crippen molar-refractivity contribution in [1.29, 1.82) is 0 Å². The van der Waals surface area contributed by atoms with Crippen molar-refractivity contribution in [2.45, 2.75) is 29.7 Å². The van der Waals surface area contributed by atoms with Crippen LogP contribution in [0.4, 0.5) is 32.0 Å². The molecule has 0 saturated heterocycles. The van der Waals surface area contributed by atoms with Crippen LogP contribution in [-0.4, -0.2) is 25.8 Å². The first-order valence-corrected chi connectivity index (χ1v) is 9.38. The predicted molar refractivity (Wildman–Crippen MR) is 98.4 cm³/mol. The molecule has 13 heteroatoms. The molecule has 1 atom stereocenters. The number of halogens is 7. The minimum atomic E-state index is -4.66. The first-order valence-electron chi connectivity index (χ1n) is 8.12. The molecule has 0 saturated carbocycles. The van der Waals surface area contributed by atoms with Crippen LogP contribution in [0.5, 0.6) is 0 Å². The number of aromatic nitrogens is 3. The molecule has 0 bridgehead atoms. The number of carbonyl (C=O) groups excluding carboxylic acids is 1. The van der Waals surface area contributed by atoms with Gasteiger partial charge in [0.05, 0.1) is 21.4 Å². The second kappa shape index (κ2) is 7.99. The first-order chi connectivity index (χ1) is 13.9. The number of carbonyl (C=O) groups is 1. The molecule has 0 fully saturated rings. The van der Waals surface area contributed by atoms with Gasteiger partial charge in [0.15, 0.2) is 10.8 Å². The Hall–Kier alpha value is -2.47. The average Bonchev–Trinajstić information content (AvgIpc) is 3.04. The summed E-state index contributed by atoms with van der Waals surface area (Å²) >= 11 is 6.61. The third-order valence-corrected chi connectivity index (χ3v) is 5.20. The molecule has 0 aliphatic heterocycles. The van der Waals surface area contributed by atoms with E-state index >= 15 is 0 Å². The predicted octanol–water partition coefficient (Wildman–Crippen LogP) is 5.54. The fourth-order valence-corrected chi connectivity index (χ4v) is 3.47. The number of alkyl halides is 6. The summed E-state index contributed by atoms with van der Waals surface area (Å²) in [4.78, 5) is 12.4. The van der Waals surface area contributed by atoms with E-state index in [-0.39, 0.29) is 21.5 Å². The largest absolute Gasteiger partial charge is 0.417 e. The molecule has 2 aromatic heterocycles. The topological polar surface area (TPSA) is 59.3 Å². The van der Waals surface area contributed by atoms with Crippen molar-refractivity contribution in [3.05, 3.63) is 52.7 Å². The minimum Gasteiger partial charge on any atom is -0.325 e. The molecular formula is C17H11ClF6N4OS. The number of fused-ring (bicyclic) bond motifs is 1. The van der Waals surface area contributed by atoms with Crippen LogP contribution in [0.3, 0.4) is 0 Å². The van der Waals surface area contributed by atoms with E-state index in [9.17, 15) is 31.1 Å². The molecule has 0 radical (unpaired) electrons. The van der Waals surface area contributed by atoms with Crippen LogP contribution in [0.15, 0.2) is 41.7 Å². The van der Waals surface area contributed by atoms with Crippen LogP contribution in [0, 0.1) is 0 Å². The highest BCUT2D eigenvalue weighted by molar-refractivity contribution is 8.00. The van der Waals surface area contributed by atoms with Crippen LogP contribution in [-0.2, 0) is 17.1 Å². The van der Waals surface area contributed by atoms with Crippen LogP contribution in [0.25, 0.3) is 5.65 Å². The summed E-state index contributed by atoms with van der Waals surface area (Å²) in [5.74, 6) is -0.672. The van der Waals surface area contributed by atoms with Gasteiger partial charge in [-0.05, 0) is 31.2 Å². The lowest BCUT2D eigenvalue weighted by Crippen LogP contribution is -2.23. The highest BCUT2D eigenvalue weighted by atomic mass is 35.5. The fourth-order valence-electron chi connectivity index (χ4n) is 2.40. The number of rotatable bonds is 4. The Morgan fingerprint density at radius 2 is 1.77 bits per heavy atom. The highest BCUT2D eigenvalue weighted by Crippen LogP contribution is 2.34. The third-order valence-electron chi connectivity index (χ3n) is 3.86. The monoisotopic (exact) mass is 468 g/mol. The fraction of sp³-hybridized carbons (Fsp3) is 0.235. The van der Waals surface area contributed by atoms with E-state index in [1.54, 1.807) is 0 Å². The van der Waals surface area contributed by atoms with Crippen molar-refractivity contribution < 1.29 is 31.1 Å². The number of hydrogen-bond acceptors (Lipinski definition) is 4. The van der Waals surface area contributed by atoms with Crippen molar-refractivity contribution >= 4 is 40.6 Å². The van der Waals surface area contributed by atoms with Gasteiger partial charge in [0.2, 0.25) is 5.91 Å². The van der Waals surface area contributed by atoms with Gasteiger partial charge < -0.3 is 5.32 Å². The van der Waals surface area contributed by atoms with Crippen molar-refractivity contribution in [3.8, 4) is 0 Å². The molecule has 1 N–H and O–H groups in total. The van der Waals surface area contributed by atoms with Gasteiger partial charge in [0.25, 0.3) is 0 Å². The normalized spacial score (nSPS) is 13.5. The summed E-state index contributed by atoms with van der Waals surface area (Å²) < 4.78 is 78.4. The zero-order valence-electron chi connectivity index (χ0n) is 14.8. The van der Waals surface area contributed by atoms with Crippen LogP contribution in [0.2, 0.25) is 5.02 Å². The summed E-state index contributed by atoms with van der Waals surface area (Å²) in [6.07, 6.45) is -8.48. The van der Waals surface area contributed by atoms with E-state index in [0.717, 1.165) is 40.6 Å². The number of thioether (sulfide) groups is 1. The Kier molecular flexibility index (Phi) is 5.92. The lowest BCUT2D eigenvalue weighted by atomic mass is 10.2. The Balaban J connectivity index is 1.80. The lowest BCUT2D eigenvalue weighted by molar-refractivity contribution is -0.138. The highest BCUT2D eigenvalue weighted by Gasteiger charge is 2.33. The number of nitrogens with one attached hydrogen (secondary N) is 1. The maximum absolute atomic E-state index is 13.0. The molecule has 1 amide bonds. The van der Waals surface area contributed by atoms with E-state index < -0.39 is 34.6 Å². The summed E-state index contributed by atoms with van der Waals surface area (Å²) in [5, 5.41) is 8.57. The van der Waals surface area contributed by atoms with Crippen LogP contribution >= 0.6 is 23.4 Å². The quantitative estimate of drug-likeness (QED) is 0.403. The molecule has 0 aliphatic carbocycles. The van der Waals surface area contributed by atoms with Gasteiger partial charge in [0, 0.05) is 11.9 Å². The molecule has 160 valence electrons. The van der Waals surface area contributed by atoms with E-state index in [0.29, 0.717) is 6.07 Å². The number of anilines is 1. The van der Waals surface area contributed by atoms with Crippen molar-refractivity contribution in [2.75, 3.05) is 5.32 Å². The first kappa shape index (κ1) is 22.2. The molecule has 0 aliphatic rings. The Labute approximate surface area is 174 Å². The van der Waals surface area contributed by atoms with Crippen molar-refractivity contribution in [2.24, 2.45) is 0 Å². The number of hydrogen-bond donors (Lipinski definition) is 1. The molecule has 5 nitrogen and oxygen atoms in total. The molecule has 0 spiro atoms. The van der Waals surface area contributed by atoms with Crippen molar-refractivity contribution in [3.63, 3.8) is 0 Å². The van der Waals surface area contributed by atoms with E-state index in [2.05, 4.69) is 15.5 Å². The van der Waals surface area contributed by atoms with Gasteiger partial charge in [-0.25, -0.2) is 0 Å². The van der Waals surface area contributed by atoms with E-state index in [1.165, 1.54) is 13.0 Å². The number of nitrogens with zero attached hydrogens (tertiary/aromatic N) is 3. The van der Waals surface area contributed by atoms with E-state index in [4.69, 9.17) is 11.6 Å². The van der Waals surface area contributed by atoms with Crippen molar-refractivity contribution in [1.82, 2.24) is 14.6 Å². The number of pyridine rings is 1. The molecule has 3 aromatic rings. The molecular weight excluding hydrogens is 458 g/mol. The summed E-state index contributed by atoms with van der Waals surface area (Å²) in [6.45, 7) is 1.42. The Morgan fingerprint density at radius 3 is 2.40 bits per heavy atom. The standard InChI is InChI=1S/C17H11ClF6N4OS/c1-8(14(29)25-11-4-2-3-9(5-11)16(19,20)21)30-15-27-26-13-12(18)6-10(7-28(13)15)17(22,23)24/h2-8H,1H3,(H,25,29). The summed E-state index contributed by atoms with van der Waals surface area (Å²) in [6, 6.07) is 4.77. The maximum Gasteiger partial charge on any atom is 0.417 e. The molecule has 3 rings (SSSR count). The van der Waals surface area contributed by atoms with Gasteiger partial charge in [-0.3, -0.25) is 9.20 Å². The van der Waals surface area contributed by atoms with Gasteiger partial charge >= 0.3 is 12.4 Å². The SMILES string of the molecule is CC(Sc1nnc2c(Cl)cc(C(F)(F)F)cn12)C(=O)Nc1cccc(C(F)(F)F)c1. The molecule has 30 heavy (non-hydrogen) atoms. The van der Waals surface area contributed by atoms with Gasteiger partial charge in [-0.2, -0.15) is 26.3 Å². The van der Waals surface area contributed by atoms with Crippen LogP contribution < -0.4 is 5.32 Å². The second-order valence-electron chi connectivity index (χ2n) is 6.08. The molecule has 1 aromatic carbocycles. The van der Waals surface area contributed by atoms with Gasteiger partial charge in [0.1, 0.15) is 0 Å². The Morgan fingerprint density at radius 1 is 1.10 bits per heavy atom. The average molecular weight is 469 g/mol. The number of amides is 1. The smallest absolute Gasteiger partial charge is 0.325 e. The van der Waals surface area contributed by atoms with Gasteiger partial charge in [-0.1, -0.05) is 29.4 Å². The lowest BCUT2D eigenvalue weighted by Gasteiger charge is -2.13. The summed E-state index contributed by atoms with van der Waals surface area (Å²) in [5.41, 5.74) is -2.06. The maximum atomic E-state index is 13.0. The van der Waals surface area contributed by atoms with Gasteiger partial charge in [-0.15, -0.1) is 10.2 Å². The Bertz CT molecular complexity index is 1100. The molecule has 2 heterocycles. The minimum absolute atomic E-state index is 0.0300.